The standard InChI is InChI=1S/C9H8FN3S2/c10-8-3-7(11)2-1-6(8)4-14-9-13-12-5-15-9/h1-3,5H,4,11H2. The molecule has 2 rings (SSSR count). The summed E-state index contributed by atoms with van der Waals surface area (Å²) >= 11 is 2.91. The Labute approximate surface area is 94.5 Å². The molecule has 0 unspecified atom stereocenters. The SMILES string of the molecule is Nc1ccc(CSc2nncs2)c(F)c1. The Morgan fingerprint density at radius 3 is 3.00 bits per heavy atom. The molecule has 0 aliphatic carbocycles. The predicted molar refractivity (Wildman–Crippen MR) is 60.3 cm³/mol. The Kier molecular flexibility index (Phi) is 3.17. The van der Waals surface area contributed by atoms with Crippen LogP contribution in [0.2, 0.25) is 0 Å². The van der Waals surface area contributed by atoms with Gasteiger partial charge >= 0.3 is 0 Å². The van der Waals surface area contributed by atoms with Crippen molar-refractivity contribution in [2.75, 3.05) is 5.73 Å². The molecular weight excluding hydrogens is 233 g/mol. The third-order valence-electron chi connectivity index (χ3n) is 1.77. The van der Waals surface area contributed by atoms with Gasteiger partial charge in [-0.25, -0.2) is 4.39 Å². The molecule has 2 aromatic rings. The van der Waals surface area contributed by atoms with Crippen LogP contribution in [-0.2, 0) is 5.75 Å². The van der Waals surface area contributed by atoms with Crippen molar-refractivity contribution < 1.29 is 4.39 Å². The number of rotatable bonds is 3. The summed E-state index contributed by atoms with van der Waals surface area (Å²) in [6.07, 6.45) is 0. The van der Waals surface area contributed by atoms with Gasteiger partial charge < -0.3 is 5.73 Å². The first-order valence-corrected chi connectivity index (χ1v) is 6.05. The first kappa shape index (κ1) is 10.4. The zero-order valence-corrected chi connectivity index (χ0v) is 9.32. The van der Waals surface area contributed by atoms with Crippen LogP contribution in [0.1, 0.15) is 5.56 Å². The lowest BCUT2D eigenvalue weighted by Crippen LogP contribution is -1.91. The first-order valence-electron chi connectivity index (χ1n) is 4.18. The molecule has 0 amide bonds. The molecule has 0 aliphatic rings. The van der Waals surface area contributed by atoms with Gasteiger partial charge in [0.15, 0.2) is 4.34 Å². The van der Waals surface area contributed by atoms with Crippen molar-refractivity contribution in [3.63, 3.8) is 0 Å². The minimum Gasteiger partial charge on any atom is -0.399 e. The van der Waals surface area contributed by atoms with E-state index < -0.39 is 0 Å². The van der Waals surface area contributed by atoms with Crippen molar-refractivity contribution in [2.24, 2.45) is 0 Å². The molecule has 1 aromatic carbocycles. The lowest BCUT2D eigenvalue weighted by molar-refractivity contribution is 0.618. The van der Waals surface area contributed by atoms with Crippen LogP contribution in [-0.4, -0.2) is 10.2 Å². The Bertz CT molecular complexity index is 445. The quantitative estimate of drug-likeness (QED) is 0.662. The second-order valence-electron chi connectivity index (χ2n) is 2.84. The summed E-state index contributed by atoms with van der Waals surface area (Å²) in [6.45, 7) is 0. The average Bonchev–Trinajstić information content (AvgIpc) is 2.69. The summed E-state index contributed by atoms with van der Waals surface area (Å²) < 4.78 is 14.2. The third kappa shape index (κ3) is 2.66. The fourth-order valence-electron chi connectivity index (χ4n) is 1.05. The van der Waals surface area contributed by atoms with E-state index in [1.165, 1.54) is 29.2 Å². The Balaban J connectivity index is 2.05. The predicted octanol–water partition coefficient (Wildman–Crippen LogP) is 2.55. The maximum atomic E-state index is 13.4. The van der Waals surface area contributed by atoms with Crippen molar-refractivity contribution in [1.82, 2.24) is 10.2 Å². The fraction of sp³-hybridized carbons (Fsp3) is 0.111. The van der Waals surface area contributed by atoms with E-state index in [2.05, 4.69) is 10.2 Å². The van der Waals surface area contributed by atoms with Gasteiger partial charge in [-0.2, -0.15) is 0 Å². The largest absolute Gasteiger partial charge is 0.399 e. The van der Waals surface area contributed by atoms with Gasteiger partial charge in [0.25, 0.3) is 0 Å². The summed E-state index contributed by atoms with van der Waals surface area (Å²) in [5.74, 6) is 0.272. The number of halogens is 1. The van der Waals surface area contributed by atoms with Gasteiger partial charge in [-0.15, -0.1) is 10.2 Å². The second-order valence-corrected chi connectivity index (χ2v) is 4.90. The van der Waals surface area contributed by atoms with Gasteiger partial charge in [0, 0.05) is 11.4 Å². The maximum absolute atomic E-state index is 13.4. The molecule has 1 aromatic heterocycles. The fourth-order valence-corrected chi connectivity index (χ4v) is 2.52. The molecule has 0 radical (unpaired) electrons. The smallest absolute Gasteiger partial charge is 0.174 e. The molecule has 2 N–H and O–H groups in total. The molecule has 0 aliphatic heterocycles. The molecule has 6 heteroatoms. The number of nitrogens with zero attached hydrogens (tertiary/aromatic N) is 2. The number of hydrogen-bond donors (Lipinski definition) is 1. The van der Waals surface area contributed by atoms with Crippen LogP contribution >= 0.6 is 23.1 Å². The van der Waals surface area contributed by atoms with E-state index in [0.29, 0.717) is 17.0 Å². The highest BCUT2D eigenvalue weighted by molar-refractivity contribution is 8.00. The van der Waals surface area contributed by atoms with Crippen LogP contribution in [0.15, 0.2) is 28.0 Å². The second kappa shape index (κ2) is 4.59. The van der Waals surface area contributed by atoms with Crippen LogP contribution in [0.4, 0.5) is 10.1 Å². The van der Waals surface area contributed by atoms with Crippen LogP contribution in [0.25, 0.3) is 0 Å². The van der Waals surface area contributed by atoms with Crippen LogP contribution in [0, 0.1) is 5.82 Å². The van der Waals surface area contributed by atoms with E-state index in [9.17, 15) is 4.39 Å². The number of nitrogens with two attached hydrogens (primary N) is 1. The van der Waals surface area contributed by atoms with Crippen LogP contribution < -0.4 is 5.73 Å². The van der Waals surface area contributed by atoms with Gasteiger partial charge in [0.05, 0.1) is 0 Å². The van der Waals surface area contributed by atoms with Crippen molar-refractivity contribution in [3.8, 4) is 0 Å². The molecular formula is C9H8FN3S2. The van der Waals surface area contributed by atoms with Crippen LogP contribution in [0.5, 0.6) is 0 Å². The van der Waals surface area contributed by atoms with Gasteiger partial charge in [0.1, 0.15) is 11.3 Å². The highest BCUT2D eigenvalue weighted by Gasteiger charge is 2.04. The number of benzene rings is 1. The van der Waals surface area contributed by atoms with E-state index in [-0.39, 0.29) is 5.82 Å². The molecule has 3 nitrogen and oxygen atoms in total. The van der Waals surface area contributed by atoms with Gasteiger partial charge in [-0.05, 0) is 17.7 Å². The van der Waals surface area contributed by atoms with Crippen LogP contribution in [0.3, 0.4) is 0 Å². The first-order chi connectivity index (χ1) is 7.25. The monoisotopic (exact) mass is 241 g/mol. The van der Waals surface area contributed by atoms with Gasteiger partial charge in [-0.3, -0.25) is 0 Å². The van der Waals surface area contributed by atoms with Gasteiger partial charge in [-0.1, -0.05) is 29.2 Å². The molecule has 0 saturated carbocycles. The normalized spacial score (nSPS) is 10.5. The zero-order valence-electron chi connectivity index (χ0n) is 7.68. The van der Waals surface area contributed by atoms with E-state index in [1.807, 2.05) is 0 Å². The van der Waals surface area contributed by atoms with Gasteiger partial charge in [0.2, 0.25) is 0 Å². The minimum absolute atomic E-state index is 0.271. The Morgan fingerprint density at radius 1 is 1.47 bits per heavy atom. The molecule has 0 atom stereocenters. The minimum atomic E-state index is -0.271. The summed E-state index contributed by atoms with van der Waals surface area (Å²) in [5.41, 5.74) is 8.18. The van der Waals surface area contributed by atoms with Crippen molar-refractivity contribution >= 4 is 28.8 Å². The third-order valence-corrected chi connectivity index (χ3v) is 3.68. The van der Waals surface area contributed by atoms with Crippen molar-refractivity contribution in [3.05, 3.63) is 35.1 Å². The number of aromatic nitrogens is 2. The van der Waals surface area contributed by atoms with Crippen molar-refractivity contribution in [1.29, 1.82) is 0 Å². The summed E-state index contributed by atoms with van der Waals surface area (Å²) in [6, 6.07) is 4.72. The summed E-state index contributed by atoms with van der Waals surface area (Å²) in [4.78, 5) is 0. The summed E-state index contributed by atoms with van der Waals surface area (Å²) in [7, 11) is 0. The van der Waals surface area contributed by atoms with E-state index in [4.69, 9.17) is 5.73 Å². The topological polar surface area (TPSA) is 51.8 Å². The highest BCUT2D eigenvalue weighted by Crippen LogP contribution is 2.25. The molecule has 0 fully saturated rings. The van der Waals surface area contributed by atoms with E-state index in [1.54, 1.807) is 17.6 Å². The Morgan fingerprint density at radius 2 is 2.33 bits per heavy atom. The van der Waals surface area contributed by atoms with Crippen molar-refractivity contribution in [2.45, 2.75) is 10.1 Å². The zero-order chi connectivity index (χ0) is 10.7. The number of hydrogen-bond acceptors (Lipinski definition) is 5. The molecule has 15 heavy (non-hydrogen) atoms. The molecule has 1 heterocycles. The van der Waals surface area contributed by atoms with E-state index in [0.717, 1.165) is 4.34 Å². The molecule has 0 bridgehead atoms. The molecule has 78 valence electrons. The lowest BCUT2D eigenvalue weighted by atomic mass is 10.2. The maximum Gasteiger partial charge on any atom is 0.174 e. The molecule has 0 spiro atoms. The average molecular weight is 241 g/mol. The number of anilines is 1. The number of nitrogen functional groups attached to an aromatic ring is 1. The lowest BCUT2D eigenvalue weighted by Gasteiger charge is -2.01. The number of thioether (sulfide) groups is 1. The molecule has 0 saturated heterocycles. The van der Waals surface area contributed by atoms with E-state index >= 15 is 0 Å². The Hall–Kier alpha value is -1.14. The summed E-state index contributed by atoms with van der Waals surface area (Å²) in [5, 5.41) is 7.57. The highest BCUT2D eigenvalue weighted by atomic mass is 32.2.